The largest absolute Gasteiger partial charge is 0.207 e. The Kier molecular flexibility index (Phi) is 3.74. The lowest BCUT2D eigenvalue weighted by Gasteiger charge is -2.02. The van der Waals surface area contributed by atoms with Gasteiger partial charge >= 0.3 is 0 Å². The topological polar surface area (TPSA) is 0 Å². The van der Waals surface area contributed by atoms with E-state index in [0.717, 1.165) is 11.6 Å². The number of hydrogen-bond donors (Lipinski definition) is 0. The summed E-state index contributed by atoms with van der Waals surface area (Å²) in [6.45, 7) is 0. The van der Waals surface area contributed by atoms with Crippen LogP contribution in [0.15, 0.2) is 47.4 Å². The van der Waals surface area contributed by atoms with Gasteiger partial charge in [0, 0.05) is 16.7 Å². The highest BCUT2D eigenvalue weighted by molar-refractivity contribution is 7.98. The van der Waals surface area contributed by atoms with Crippen LogP contribution >= 0.6 is 11.8 Å². The van der Waals surface area contributed by atoms with Crippen molar-refractivity contribution in [2.45, 2.75) is 10.6 Å². The van der Waals surface area contributed by atoms with Gasteiger partial charge in [-0.05, 0) is 29.8 Å². The van der Waals surface area contributed by atoms with Crippen LogP contribution in [0.1, 0.15) is 5.56 Å². The van der Waals surface area contributed by atoms with Crippen LogP contribution in [0.3, 0.4) is 0 Å². The molecule has 0 fully saturated rings. The second-order valence-corrected chi connectivity index (χ2v) is 4.57. The van der Waals surface area contributed by atoms with Crippen LogP contribution in [0.4, 0.5) is 13.2 Å². The van der Waals surface area contributed by atoms with Crippen molar-refractivity contribution in [1.82, 2.24) is 0 Å². The molecule has 2 aromatic rings. The van der Waals surface area contributed by atoms with Gasteiger partial charge in [0.15, 0.2) is 0 Å². The van der Waals surface area contributed by atoms with Crippen LogP contribution in [0, 0.1) is 17.5 Å². The van der Waals surface area contributed by atoms with Crippen molar-refractivity contribution in [1.29, 1.82) is 0 Å². The maximum atomic E-state index is 12.9. The second kappa shape index (κ2) is 5.27. The fourth-order valence-electron chi connectivity index (χ4n) is 1.36. The van der Waals surface area contributed by atoms with Crippen molar-refractivity contribution in [2.75, 3.05) is 0 Å². The summed E-state index contributed by atoms with van der Waals surface area (Å²) in [6, 6.07) is 9.41. The minimum atomic E-state index is -0.591. The summed E-state index contributed by atoms with van der Waals surface area (Å²) in [5, 5.41) is 0. The molecule has 0 amide bonds. The molecule has 0 unspecified atom stereocenters. The maximum absolute atomic E-state index is 12.9. The summed E-state index contributed by atoms with van der Waals surface area (Å²) in [7, 11) is 0. The van der Waals surface area contributed by atoms with Crippen molar-refractivity contribution >= 4 is 11.8 Å². The second-order valence-electron chi connectivity index (χ2n) is 3.52. The summed E-state index contributed by atoms with van der Waals surface area (Å²) < 4.78 is 38.5. The van der Waals surface area contributed by atoms with Gasteiger partial charge in [0.1, 0.15) is 17.5 Å². The first-order valence-electron chi connectivity index (χ1n) is 4.97. The Hall–Kier alpha value is -1.42. The Balaban J connectivity index is 2.04. The fourth-order valence-corrected chi connectivity index (χ4v) is 2.28. The van der Waals surface area contributed by atoms with E-state index in [1.54, 1.807) is 12.1 Å². The van der Waals surface area contributed by atoms with Gasteiger partial charge in [-0.25, -0.2) is 13.2 Å². The van der Waals surface area contributed by atoms with Gasteiger partial charge in [0.2, 0.25) is 0 Å². The van der Waals surface area contributed by atoms with E-state index in [0.29, 0.717) is 10.6 Å². The van der Waals surface area contributed by atoms with Crippen LogP contribution in [0.25, 0.3) is 0 Å². The van der Waals surface area contributed by atoms with Gasteiger partial charge in [-0.1, -0.05) is 12.1 Å². The highest BCUT2D eigenvalue weighted by Crippen LogP contribution is 2.24. The van der Waals surface area contributed by atoms with Crippen LogP contribution in [-0.2, 0) is 5.75 Å². The van der Waals surface area contributed by atoms with Crippen LogP contribution in [-0.4, -0.2) is 0 Å². The zero-order valence-corrected chi connectivity index (χ0v) is 9.61. The van der Waals surface area contributed by atoms with Gasteiger partial charge in [0.05, 0.1) is 0 Å². The Morgan fingerprint density at radius 1 is 0.765 bits per heavy atom. The van der Waals surface area contributed by atoms with E-state index >= 15 is 0 Å². The van der Waals surface area contributed by atoms with Crippen molar-refractivity contribution in [2.24, 2.45) is 0 Å². The van der Waals surface area contributed by atoms with E-state index < -0.39 is 11.6 Å². The summed E-state index contributed by atoms with van der Waals surface area (Å²) in [5.41, 5.74) is 0.904. The summed E-state index contributed by atoms with van der Waals surface area (Å²) >= 11 is 1.31. The van der Waals surface area contributed by atoms with E-state index in [4.69, 9.17) is 0 Å². The zero-order valence-electron chi connectivity index (χ0n) is 8.79. The molecule has 0 N–H and O–H groups in total. The Morgan fingerprint density at radius 3 is 1.94 bits per heavy atom. The highest BCUT2D eigenvalue weighted by atomic mass is 32.2. The molecule has 0 aromatic heterocycles. The Bertz CT molecular complexity index is 488. The minimum absolute atomic E-state index is 0.296. The molecule has 4 heteroatoms. The number of thioether (sulfide) groups is 1. The molecule has 17 heavy (non-hydrogen) atoms. The van der Waals surface area contributed by atoms with Gasteiger partial charge in [-0.15, -0.1) is 11.8 Å². The highest BCUT2D eigenvalue weighted by Gasteiger charge is 2.02. The monoisotopic (exact) mass is 254 g/mol. The molecule has 0 saturated heterocycles. The van der Waals surface area contributed by atoms with Crippen LogP contribution < -0.4 is 0 Å². The first-order valence-corrected chi connectivity index (χ1v) is 5.95. The van der Waals surface area contributed by atoms with Gasteiger partial charge in [-0.2, -0.15) is 0 Å². The molecule has 0 atom stereocenters. The Labute approximate surface area is 101 Å². The van der Waals surface area contributed by atoms with Crippen LogP contribution in [0.5, 0.6) is 0 Å². The summed E-state index contributed by atoms with van der Waals surface area (Å²) in [6.07, 6.45) is 0. The van der Waals surface area contributed by atoms with E-state index in [1.165, 1.54) is 36.0 Å². The standard InChI is InChI=1S/C13H9F3S/c14-10-3-1-9(2-4-10)8-17-13-6-11(15)5-12(16)7-13/h1-7H,8H2. The van der Waals surface area contributed by atoms with Crippen molar-refractivity contribution in [3.63, 3.8) is 0 Å². The van der Waals surface area contributed by atoms with E-state index in [1.807, 2.05) is 0 Å². The summed E-state index contributed by atoms with van der Waals surface area (Å²) in [4.78, 5) is 0.520. The van der Waals surface area contributed by atoms with E-state index in [9.17, 15) is 13.2 Å². The van der Waals surface area contributed by atoms with Crippen LogP contribution in [0.2, 0.25) is 0 Å². The lowest BCUT2D eigenvalue weighted by atomic mass is 10.2. The predicted molar refractivity (Wildman–Crippen MR) is 62.3 cm³/mol. The third-order valence-electron chi connectivity index (χ3n) is 2.15. The molecule has 0 radical (unpaired) electrons. The SMILES string of the molecule is Fc1ccc(CSc2cc(F)cc(F)c2)cc1. The van der Waals surface area contributed by atoms with Crippen molar-refractivity contribution in [3.8, 4) is 0 Å². The average molecular weight is 254 g/mol. The van der Waals surface area contributed by atoms with Crippen molar-refractivity contribution < 1.29 is 13.2 Å². The number of halogens is 3. The molecule has 0 heterocycles. The predicted octanol–water partition coefficient (Wildman–Crippen LogP) is 4.40. The minimum Gasteiger partial charge on any atom is -0.207 e. The third-order valence-corrected chi connectivity index (χ3v) is 3.20. The Morgan fingerprint density at radius 2 is 1.35 bits per heavy atom. The zero-order chi connectivity index (χ0) is 12.3. The lowest BCUT2D eigenvalue weighted by molar-refractivity contribution is 0.577. The average Bonchev–Trinajstić information content (AvgIpc) is 2.27. The smallest absolute Gasteiger partial charge is 0.127 e. The fraction of sp³-hybridized carbons (Fsp3) is 0.0769. The molecule has 0 aliphatic carbocycles. The van der Waals surface area contributed by atoms with Crippen molar-refractivity contribution in [3.05, 3.63) is 65.5 Å². The molecule has 0 nitrogen and oxygen atoms in total. The molecule has 2 aromatic carbocycles. The molecular weight excluding hydrogens is 245 g/mol. The molecule has 2 rings (SSSR count). The quantitative estimate of drug-likeness (QED) is 0.732. The third kappa shape index (κ3) is 3.53. The molecule has 88 valence electrons. The first-order chi connectivity index (χ1) is 8.13. The maximum Gasteiger partial charge on any atom is 0.127 e. The first kappa shape index (κ1) is 12.0. The number of rotatable bonds is 3. The van der Waals surface area contributed by atoms with Gasteiger partial charge < -0.3 is 0 Å². The van der Waals surface area contributed by atoms with E-state index in [2.05, 4.69) is 0 Å². The normalized spacial score (nSPS) is 10.5. The summed E-state index contributed by atoms with van der Waals surface area (Å²) in [5.74, 6) is -0.933. The molecule has 0 aliphatic heterocycles. The van der Waals surface area contributed by atoms with Gasteiger partial charge in [0.25, 0.3) is 0 Å². The molecule has 0 saturated carbocycles. The molecule has 0 bridgehead atoms. The lowest BCUT2D eigenvalue weighted by Crippen LogP contribution is -1.84. The van der Waals surface area contributed by atoms with Gasteiger partial charge in [-0.3, -0.25) is 0 Å². The molecule has 0 aliphatic rings. The molecular formula is C13H9F3S. The number of hydrogen-bond acceptors (Lipinski definition) is 1. The number of benzene rings is 2. The molecule has 0 spiro atoms. The van der Waals surface area contributed by atoms with E-state index in [-0.39, 0.29) is 5.82 Å².